The summed E-state index contributed by atoms with van der Waals surface area (Å²) in [5, 5.41) is 8.32. The van der Waals surface area contributed by atoms with Gasteiger partial charge in [-0.2, -0.15) is 0 Å². The molecule has 1 N–H and O–H groups in total. The molecule has 76 valence electrons. The molecule has 14 heavy (non-hydrogen) atoms. The number of carboxylic acid groups (broad SMARTS) is 1. The molecule has 1 rings (SSSR count). The normalized spacial score (nSPS) is 10.6. The molecule has 7 heteroatoms. The molecule has 0 aliphatic heterocycles. The van der Waals surface area contributed by atoms with Crippen molar-refractivity contribution in [2.24, 2.45) is 0 Å². The Morgan fingerprint density at radius 1 is 1.64 bits per heavy atom. The number of aromatic carboxylic acids is 1. The molecule has 0 bridgehead atoms. The zero-order chi connectivity index (χ0) is 10.9. The topological polar surface area (TPSA) is 50.2 Å². The van der Waals surface area contributed by atoms with E-state index in [-0.39, 0.29) is 8.72 Å². The van der Waals surface area contributed by atoms with E-state index >= 15 is 0 Å². The molecule has 0 radical (unpaired) electrons. The largest absolute Gasteiger partial charge is 0.476 e. The van der Waals surface area contributed by atoms with Crippen molar-refractivity contribution in [3.8, 4) is 0 Å². The van der Waals surface area contributed by atoms with E-state index in [4.69, 9.17) is 16.7 Å². The number of aromatic nitrogens is 1. The summed E-state index contributed by atoms with van der Waals surface area (Å²) >= 11 is 7.19. The van der Waals surface area contributed by atoms with E-state index < -0.39 is 23.7 Å². The van der Waals surface area contributed by atoms with Crippen LogP contribution in [0.4, 0.5) is 8.78 Å². The van der Waals surface area contributed by atoms with Gasteiger partial charge in [-0.25, -0.2) is 18.6 Å². The van der Waals surface area contributed by atoms with Gasteiger partial charge in [0.1, 0.15) is 3.70 Å². The van der Waals surface area contributed by atoms with Gasteiger partial charge in [-0.1, -0.05) is 11.6 Å². The Morgan fingerprint density at radius 3 is 2.64 bits per heavy atom. The van der Waals surface area contributed by atoms with E-state index in [1.54, 1.807) is 22.6 Å². The highest BCUT2D eigenvalue weighted by Gasteiger charge is 2.23. The summed E-state index contributed by atoms with van der Waals surface area (Å²) in [6.45, 7) is 0. The minimum absolute atomic E-state index is 0.259. The first-order chi connectivity index (χ1) is 6.43. The molecule has 0 amide bonds. The van der Waals surface area contributed by atoms with Crippen LogP contribution in [0, 0.1) is 3.70 Å². The number of carbonyl (C=O) groups is 1. The maximum absolute atomic E-state index is 12.4. The summed E-state index contributed by atoms with van der Waals surface area (Å²) in [5.41, 5.74) is -1.43. The number of hydrogen-bond acceptors (Lipinski definition) is 2. The van der Waals surface area contributed by atoms with Crippen molar-refractivity contribution in [3.63, 3.8) is 0 Å². The first-order valence-corrected chi connectivity index (χ1v) is 4.76. The predicted octanol–water partition coefficient (Wildman–Crippen LogP) is 2.98. The second kappa shape index (κ2) is 4.35. The molecule has 0 saturated carbocycles. The summed E-state index contributed by atoms with van der Waals surface area (Å²) in [6.07, 6.45) is -2.95. The van der Waals surface area contributed by atoms with Crippen molar-refractivity contribution in [1.29, 1.82) is 0 Å². The van der Waals surface area contributed by atoms with Crippen LogP contribution in [0.3, 0.4) is 0 Å². The van der Waals surface area contributed by atoms with Gasteiger partial charge in [0.15, 0.2) is 5.69 Å². The van der Waals surface area contributed by atoms with Crippen LogP contribution >= 0.6 is 34.2 Å². The van der Waals surface area contributed by atoms with Crippen LogP contribution in [0.25, 0.3) is 0 Å². The van der Waals surface area contributed by atoms with Gasteiger partial charge in [-0.15, -0.1) is 0 Å². The van der Waals surface area contributed by atoms with Crippen molar-refractivity contribution in [1.82, 2.24) is 4.98 Å². The lowest BCUT2D eigenvalue weighted by molar-refractivity contribution is 0.0677. The molecule has 0 saturated heterocycles. The van der Waals surface area contributed by atoms with E-state index in [2.05, 4.69) is 4.98 Å². The van der Waals surface area contributed by atoms with Crippen LogP contribution in [-0.4, -0.2) is 16.1 Å². The van der Waals surface area contributed by atoms with Gasteiger partial charge >= 0.3 is 5.97 Å². The lowest BCUT2D eigenvalue weighted by Crippen LogP contribution is -2.08. The summed E-state index contributed by atoms with van der Waals surface area (Å²) in [6, 6.07) is 1.19. The van der Waals surface area contributed by atoms with Crippen LogP contribution in [0.2, 0.25) is 5.02 Å². The molecule has 0 fully saturated rings. The number of rotatable bonds is 2. The zero-order valence-corrected chi connectivity index (χ0v) is 9.38. The van der Waals surface area contributed by atoms with E-state index in [0.717, 1.165) is 0 Å². The van der Waals surface area contributed by atoms with Crippen molar-refractivity contribution in [2.45, 2.75) is 6.43 Å². The Bertz CT molecular complexity index is 386. The molecule has 0 aliphatic rings. The quantitative estimate of drug-likeness (QED) is 0.669. The predicted molar refractivity (Wildman–Crippen MR) is 53.9 cm³/mol. The Morgan fingerprint density at radius 2 is 2.21 bits per heavy atom. The van der Waals surface area contributed by atoms with Crippen molar-refractivity contribution in [2.75, 3.05) is 0 Å². The van der Waals surface area contributed by atoms with Crippen molar-refractivity contribution >= 4 is 40.2 Å². The van der Waals surface area contributed by atoms with E-state index in [0.29, 0.717) is 0 Å². The second-order valence-electron chi connectivity index (χ2n) is 2.29. The third kappa shape index (κ3) is 2.30. The van der Waals surface area contributed by atoms with E-state index in [9.17, 15) is 13.6 Å². The Labute approximate surface area is 96.2 Å². The van der Waals surface area contributed by atoms with Crippen molar-refractivity contribution in [3.05, 3.63) is 26.0 Å². The number of hydrogen-bond donors (Lipinski definition) is 1. The molecule has 1 aromatic heterocycles. The smallest absolute Gasteiger partial charge is 0.355 e. The minimum Gasteiger partial charge on any atom is -0.476 e. The average molecular weight is 333 g/mol. The van der Waals surface area contributed by atoms with Gasteiger partial charge in [-0.05, 0) is 28.7 Å². The summed E-state index contributed by atoms with van der Waals surface area (Å²) in [5.74, 6) is -1.51. The first kappa shape index (κ1) is 11.6. The molecule has 0 unspecified atom stereocenters. The molecule has 0 atom stereocenters. The van der Waals surface area contributed by atoms with Gasteiger partial charge < -0.3 is 5.11 Å². The molecule has 0 aliphatic carbocycles. The van der Waals surface area contributed by atoms with Crippen LogP contribution in [-0.2, 0) is 0 Å². The second-order valence-corrected chi connectivity index (χ2v) is 3.81. The summed E-state index contributed by atoms with van der Waals surface area (Å²) in [4.78, 5) is 14.1. The number of carboxylic acids is 1. The van der Waals surface area contributed by atoms with Gasteiger partial charge in [0.05, 0.1) is 10.6 Å². The maximum Gasteiger partial charge on any atom is 0.355 e. The monoisotopic (exact) mass is 333 g/mol. The lowest BCUT2D eigenvalue weighted by atomic mass is 10.2. The number of nitrogens with zero attached hydrogens (tertiary/aromatic N) is 1. The van der Waals surface area contributed by atoms with Gasteiger partial charge in [0.25, 0.3) is 6.43 Å². The highest BCUT2D eigenvalue weighted by molar-refractivity contribution is 14.1. The van der Waals surface area contributed by atoms with Crippen LogP contribution < -0.4 is 0 Å². The minimum atomic E-state index is -2.95. The Balaban J connectivity index is 3.44. The third-order valence-electron chi connectivity index (χ3n) is 1.40. The molecular weight excluding hydrogens is 330 g/mol. The molecule has 1 heterocycles. The number of pyridine rings is 1. The molecule has 0 aromatic carbocycles. The Kier molecular flexibility index (Phi) is 3.59. The van der Waals surface area contributed by atoms with E-state index in [1.165, 1.54) is 6.07 Å². The van der Waals surface area contributed by atoms with Gasteiger partial charge in [0.2, 0.25) is 0 Å². The van der Waals surface area contributed by atoms with Crippen LogP contribution in [0.5, 0.6) is 0 Å². The summed E-state index contributed by atoms with van der Waals surface area (Å²) in [7, 11) is 0. The lowest BCUT2D eigenvalue weighted by Gasteiger charge is -2.06. The molecular formula is C7H3ClF2INO2. The fourth-order valence-electron chi connectivity index (χ4n) is 0.865. The average Bonchev–Trinajstić information content (AvgIpc) is 2.01. The maximum atomic E-state index is 12.4. The van der Waals surface area contributed by atoms with Crippen LogP contribution in [0.15, 0.2) is 6.07 Å². The van der Waals surface area contributed by atoms with Crippen molar-refractivity contribution < 1.29 is 18.7 Å². The molecule has 3 nitrogen and oxygen atoms in total. The summed E-state index contributed by atoms with van der Waals surface area (Å²) < 4.78 is 25.0. The molecule has 1 aromatic rings. The highest BCUT2D eigenvalue weighted by atomic mass is 127. The standard InChI is InChI=1S/C7H3ClF2INO2/c8-2-1-3(11)12-5(7(13)14)4(2)6(9)10/h1,6H,(H,13,14). The SMILES string of the molecule is O=C(O)c1nc(I)cc(Cl)c1C(F)F. The fourth-order valence-corrected chi connectivity index (χ4v) is 1.88. The molecule has 0 spiro atoms. The highest BCUT2D eigenvalue weighted by Crippen LogP contribution is 2.30. The number of halogens is 4. The van der Waals surface area contributed by atoms with E-state index in [1.807, 2.05) is 0 Å². The third-order valence-corrected chi connectivity index (χ3v) is 2.26. The van der Waals surface area contributed by atoms with Gasteiger partial charge in [0, 0.05) is 0 Å². The fraction of sp³-hybridized carbons (Fsp3) is 0.143. The first-order valence-electron chi connectivity index (χ1n) is 3.31. The zero-order valence-electron chi connectivity index (χ0n) is 6.47. The van der Waals surface area contributed by atoms with Crippen LogP contribution in [0.1, 0.15) is 22.5 Å². The number of alkyl halides is 2. The Hall–Kier alpha value is -0.500. The van der Waals surface area contributed by atoms with Gasteiger partial charge in [-0.3, -0.25) is 0 Å².